The number of β-amino-alcohol motifs (C(OH)–C–C–N with tert-alkyl or cyclic N) is 1. The number of aliphatic hydroxyl groups excluding tert-OH is 1. The molecule has 31 heavy (non-hydrogen) atoms. The number of aliphatic hydroxyl groups is 1. The molecule has 0 radical (unpaired) electrons. The van der Waals surface area contributed by atoms with E-state index in [0.717, 1.165) is 19.5 Å². The van der Waals surface area contributed by atoms with E-state index in [9.17, 15) is 14.7 Å². The summed E-state index contributed by atoms with van der Waals surface area (Å²) in [6, 6.07) is 5.44. The molecule has 2 aliphatic rings. The lowest BCUT2D eigenvalue weighted by molar-refractivity contribution is -0.122. The maximum atomic E-state index is 13.4. The standard InChI is InChI=1S/C21H25N5O3S2/c1-2-6-26-20(29)16(31-21(26)30)14-15-18(24-10-8-23(9-11-24)12-13-27)22-17-5-3-4-7-25(17)19(15)28/h3-5,7,14,27H,2,6,8-13H2,1H3. The predicted molar refractivity (Wildman–Crippen MR) is 127 cm³/mol. The zero-order valence-electron chi connectivity index (χ0n) is 17.4. The lowest BCUT2D eigenvalue weighted by Crippen LogP contribution is -2.48. The van der Waals surface area contributed by atoms with Crippen molar-refractivity contribution in [1.29, 1.82) is 0 Å². The van der Waals surface area contributed by atoms with Crippen LogP contribution in [0.5, 0.6) is 0 Å². The minimum absolute atomic E-state index is 0.125. The van der Waals surface area contributed by atoms with Gasteiger partial charge in [0.25, 0.3) is 11.5 Å². The number of fused-ring (bicyclic) bond motifs is 1. The number of amides is 1. The van der Waals surface area contributed by atoms with Gasteiger partial charge in [-0.15, -0.1) is 0 Å². The number of thioether (sulfide) groups is 1. The summed E-state index contributed by atoms with van der Waals surface area (Å²) < 4.78 is 2.02. The maximum Gasteiger partial charge on any atom is 0.267 e. The van der Waals surface area contributed by atoms with E-state index < -0.39 is 0 Å². The molecule has 0 atom stereocenters. The molecule has 4 heterocycles. The van der Waals surface area contributed by atoms with Crippen molar-refractivity contribution in [1.82, 2.24) is 19.2 Å². The predicted octanol–water partition coefficient (Wildman–Crippen LogP) is 1.42. The monoisotopic (exact) mass is 459 g/mol. The Morgan fingerprint density at radius 2 is 1.97 bits per heavy atom. The number of hydrogen-bond donors (Lipinski definition) is 1. The summed E-state index contributed by atoms with van der Waals surface area (Å²) in [6.45, 7) is 6.24. The second kappa shape index (κ2) is 9.47. The van der Waals surface area contributed by atoms with Crippen molar-refractivity contribution in [2.45, 2.75) is 13.3 Å². The summed E-state index contributed by atoms with van der Waals surface area (Å²) in [5.41, 5.74) is 0.756. The first-order valence-corrected chi connectivity index (χ1v) is 11.6. The van der Waals surface area contributed by atoms with E-state index in [4.69, 9.17) is 17.2 Å². The number of thiocarbonyl (C=S) groups is 1. The Morgan fingerprint density at radius 3 is 2.68 bits per heavy atom. The molecule has 0 aromatic carbocycles. The van der Waals surface area contributed by atoms with Crippen LogP contribution in [0.3, 0.4) is 0 Å². The fraction of sp³-hybridized carbons (Fsp3) is 0.429. The molecule has 0 saturated carbocycles. The molecular weight excluding hydrogens is 434 g/mol. The fourth-order valence-corrected chi connectivity index (χ4v) is 5.12. The molecule has 2 aromatic rings. The average molecular weight is 460 g/mol. The van der Waals surface area contributed by atoms with Crippen molar-refractivity contribution in [3.05, 3.63) is 45.2 Å². The molecule has 8 nitrogen and oxygen atoms in total. The van der Waals surface area contributed by atoms with Crippen LogP contribution in [0, 0.1) is 0 Å². The summed E-state index contributed by atoms with van der Waals surface area (Å²) >= 11 is 6.61. The van der Waals surface area contributed by atoms with Crippen molar-refractivity contribution < 1.29 is 9.90 Å². The number of pyridine rings is 1. The van der Waals surface area contributed by atoms with E-state index in [1.165, 1.54) is 16.2 Å². The molecule has 0 unspecified atom stereocenters. The smallest absolute Gasteiger partial charge is 0.267 e. The SMILES string of the molecule is CCCN1C(=O)C(=Cc2c(N3CCN(CCO)CC3)nc3ccccn3c2=O)SC1=S. The van der Waals surface area contributed by atoms with Gasteiger partial charge in [-0.25, -0.2) is 4.98 Å². The Kier molecular flexibility index (Phi) is 6.71. The zero-order chi connectivity index (χ0) is 22.0. The van der Waals surface area contributed by atoms with E-state index in [-0.39, 0.29) is 18.1 Å². The molecule has 2 aromatic heterocycles. The fourth-order valence-electron chi connectivity index (χ4n) is 3.83. The van der Waals surface area contributed by atoms with Crippen molar-refractivity contribution in [3.63, 3.8) is 0 Å². The first kappa shape index (κ1) is 21.9. The van der Waals surface area contributed by atoms with Gasteiger partial charge in [0.05, 0.1) is 17.1 Å². The summed E-state index contributed by atoms with van der Waals surface area (Å²) in [4.78, 5) is 37.3. The van der Waals surface area contributed by atoms with E-state index in [0.29, 0.717) is 52.4 Å². The highest BCUT2D eigenvalue weighted by Crippen LogP contribution is 2.33. The van der Waals surface area contributed by atoms with Crippen LogP contribution in [-0.4, -0.2) is 80.4 Å². The van der Waals surface area contributed by atoms with Gasteiger partial charge in [-0.3, -0.25) is 23.8 Å². The van der Waals surface area contributed by atoms with E-state index in [1.54, 1.807) is 29.3 Å². The van der Waals surface area contributed by atoms with Crippen molar-refractivity contribution in [2.24, 2.45) is 0 Å². The third kappa shape index (κ3) is 4.38. The Labute approximate surface area is 190 Å². The number of piperazine rings is 1. The minimum Gasteiger partial charge on any atom is -0.395 e. The van der Waals surface area contributed by atoms with E-state index in [1.807, 2.05) is 13.0 Å². The van der Waals surface area contributed by atoms with Crippen LogP contribution < -0.4 is 10.5 Å². The van der Waals surface area contributed by atoms with Crippen LogP contribution >= 0.6 is 24.0 Å². The van der Waals surface area contributed by atoms with Crippen LogP contribution in [0.2, 0.25) is 0 Å². The summed E-state index contributed by atoms with van der Waals surface area (Å²) in [5, 5.41) is 9.20. The summed E-state index contributed by atoms with van der Waals surface area (Å²) in [6.07, 6.45) is 4.15. The number of hydrogen-bond acceptors (Lipinski definition) is 8. The molecule has 2 fully saturated rings. The quantitative estimate of drug-likeness (QED) is 0.513. The van der Waals surface area contributed by atoms with Gasteiger partial charge in [-0.2, -0.15) is 0 Å². The van der Waals surface area contributed by atoms with Crippen molar-refractivity contribution in [3.8, 4) is 0 Å². The Balaban J connectivity index is 1.76. The van der Waals surface area contributed by atoms with Crippen LogP contribution in [0.4, 0.5) is 5.82 Å². The molecule has 10 heteroatoms. The first-order chi connectivity index (χ1) is 15.0. The van der Waals surface area contributed by atoms with Crippen molar-refractivity contribution in [2.75, 3.05) is 50.8 Å². The molecule has 1 amide bonds. The van der Waals surface area contributed by atoms with E-state index in [2.05, 4.69) is 9.80 Å². The van der Waals surface area contributed by atoms with Crippen LogP contribution in [0.15, 0.2) is 34.1 Å². The number of anilines is 1. The largest absolute Gasteiger partial charge is 0.395 e. The molecular formula is C21H25N5O3S2. The number of nitrogens with zero attached hydrogens (tertiary/aromatic N) is 5. The molecule has 2 saturated heterocycles. The molecule has 4 rings (SSSR count). The topological polar surface area (TPSA) is 81.4 Å². The third-order valence-corrected chi connectivity index (χ3v) is 6.81. The molecule has 1 N–H and O–H groups in total. The summed E-state index contributed by atoms with van der Waals surface area (Å²) in [7, 11) is 0. The van der Waals surface area contributed by atoms with Gasteiger partial charge in [0.15, 0.2) is 0 Å². The number of aromatic nitrogens is 2. The van der Waals surface area contributed by atoms with Gasteiger partial charge < -0.3 is 10.0 Å². The van der Waals surface area contributed by atoms with Gasteiger partial charge in [-0.1, -0.05) is 37.0 Å². The lowest BCUT2D eigenvalue weighted by atomic mass is 10.2. The highest BCUT2D eigenvalue weighted by atomic mass is 32.2. The number of carbonyl (C=O) groups is 1. The van der Waals surface area contributed by atoms with Gasteiger partial charge in [0, 0.05) is 45.5 Å². The van der Waals surface area contributed by atoms with Crippen molar-refractivity contribution >= 4 is 51.7 Å². The summed E-state index contributed by atoms with van der Waals surface area (Å²) in [5.74, 6) is 0.425. The molecule has 0 aliphatic carbocycles. The van der Waals surface area contributed by atoms with Crippen LogP contribution in [0.25, 0.3) is 11.7 Å². The highest BCUT2D eigenvalue weighted by Gasteiger charge is 2.32. The highest BCUT2D eigenvalue weighted by molar-refractivity contribution is 8.26. The Bertz CT molecular complexity index is 1090. The van der Waals surface area contributed by atoms with Gasteiger partial charge in [0.1, 0.15) is 15.8 Å². The Morgan fingerprint density at radius 1 is 1.19 bits per heavy atom. The number of rotatable bonds is 6. The first-order valence-electron chi connectivity index (χ1n) is 10.4. The van der Waals surface area contributed by atoms with Crippen LogP contribution in [-0.2, 0) is 4.79 Å². The molecule has 0 bridgehead atoms. The third-order valence-electron chi connectivity index (χ3n) is 5.43. The molecule has 164 valence electrons. The average Bonchev–Trinajstić information content (AvgIpc) is 3.04. The molecule has 2 aliphatic heterocycles. The minimum atomic E-state index is -0.209. The number of carbonyl (C=O) groups excluding carboxylic acids is 1. The normalized spacial score (nSPS) is 19.2. The second-order valence-electron chi connectivity index (χ2n) is 7.47. The second-order valence-corrected chi connectivity index (χ2v) is 9.14. The Hall–Kier alpha value is -2.27. The molecule has 0 spiro atoms. The zero-order valence-corrected chi connectivity index (χ0v) is 19.0. The van der Waals surface area contributed by atoms with Gasteiger partial charge in [0.2, 0.25) is 0 Å². The van der Waals surface area contributed by atoms with Gasteiger partial charge in [-0.05, 0) is 24.6 Å². The van der Waals surface area contributed by atoms with E-state index >= 15 is 0 Å². The van der Waals surface area contributed by atoms with Gasteiger partial charge >= 0.3 is 0 Å². The van der Waals surface area contributed by atoms with Crippen LogP contribution in [0.1, 0.15) is 18.9 Å². The maximum absolute atomic E-state index is 13.4. The lowest BCUT2D eigenvalue weighted by Gasteiger charge is -2.35.